The molecule has 4 heteroatoms. The van der Waals surface area contributed by atoms with Gasteiger partial charge in [0.2, 0.25) is 0 Å². The van der Waals surface area contributed by atoms with Crippen LogP contribution in [-0.4, -0.2) is 73.1 Å². The third-order valence-corrected chi connectivity index (χ3v) is 4.97. The summed E-state index contributed by atoms with van der Waals surface area (Å²) in [5, 5.41) is 0. The zero-order chi connectivity index (χ0) is 14.7. The lowest BCUT2D eigenvalue weighted by Crippen LogP contribution is -2.58. The first-order chi connectivity index (χ1) is 10.3. The van der Waals surface area contributed by atoms with Gasteiger partial charge in [-0.05, 0) is 19.0 Å². The average molecular weight is 288 g/mol. The Labute approximate surface area is 128 Å². The maximum Gasteiger partial charge on any atom is 0.0349 e. The van der Waals surface area contributed by atoms with Crippen LogP contribution in [0.1, 0.15) is 12.0 Å². The van der Waals surface area contributed by atoms with Crippen LogP contribution in [0, 0.1) is 0 Å². The fourth-order valence-corrected chi connectivity index (χ4v) is 3.78. The molecule has 2 fully saturated rings. The third-order valence-electron chi connectivity index (χ3n) is 4.97. The van der Waals surface area contributed by atoms with Crippen LogP contribution in [0.2, 0.25) is 0 Å². The molecule has 2 saturated heterocycles. The summed E-state index contributed by atoms with van der Waals surface area (Å²) in [7, 11) is 2.20. The molecule has 0 aliphatic carbocycles. The van der Waals surface area contributed by atoms with Gasteiger partial charge in [-0.15, -0.1) is 0 Å². The fourth-order valence-electron chi connectivity index (χ4n) is 3.78. The zero-order valence-electron chi connectivity index (χ0n) is 13.1. The van der Waals surface area contributed by atoms with E-state index in [1.54, 1.807) is 0 Å². The lowest BCUT2D eigenvalue weighted by Gasteiger charge is -2.42. The fraction of sp³-hybridized carbons (Fsp3) is 0.647. The molecule has 2 aliphatic heterocycles. The number of rotatable bonds is 4. The second-order valence-electron chi connectivity index (χ2n) is 6.55. The molecule has 0 spiro atoms. The van der Waals surface area contributed by atoms with E-state index in [9.17, 15) is 0 Å². The van der Waals surface area contributed by atoms with Gasteiger partial charge in [0.1, 0.15) is 0 Å². The van der Waals surface area contributed by atoms with Crippen molar-refractivity contribution in [1.82, 2.24) is 14.7 Å². The van der Waals surface area contributed by atoms with E-state index in [-0.39, 0.29) is 0 Å². The number of piperazine rings is 1. The molecule has 2 heterocycles. The summed E-state index contributed by atoms with van der Waals surface area (Å²) < 4.78 is 0. The highest BCUT2D eigenvalue weighted by molar-refractivity contribution is 5.14. The second kappa shape index (κ2) is 6.88. The van der Waals surface area contributed by atoms with Crippen LogP contribution < -0.4 is 5.73 Å². The molecular weight excluding hydrogens is 260 g/mol. The highest BCUT2D eigenvalue weighted by Gasteiger charge is 2.33. The van der Waals surface area contributed by atoms with E-state index < -0.39 is 0 Å². The van der Waals surface area contributed by atoms with E-state index in [2.05, 4.69) is 52.1 Å². The first-order valence-corrected chi connectivity index (χ1v) is 8.17. The Morgan fingerprint density at radius 1 is 1.10 bits per heavy atom. The van der Waals surface area contributed by atoms with Gasteiger partial charge >= 0.3 is 0 Å². The van der Waals surface area contributed by atoms with Gasteiger partial charge in [-0.3, -0.25) is 9.80 Å². The number of likely N-dealkylation sites (N-methyl/N-ethyl adjacent to an activating group) is 1. The summed E-state index contributed by atoms with van der Waals surface area (Å²) in [6, 6.07) is 12.0. The smallest absolute Gasteiger partial charge is 0.0349 e. The molecule has 0 aromatic heterocycles. The van der Waals surface area contributed by atoms with E-state index in [0.717, 1.165) is 19.6 Å². The van der Waals surface area contributed by atoms with Gasteiger partial charge in [-0.2, -0.15) is 0 Å². The molecule has 1 aromatic carbocycles. The van der Waals surface area contributed by atoms with Crippen molar-refractivity contribution in [2.45, 2.75) is 25.0 Å². The molecule has 4 nitrogen and oxygen atoms in total. The molecule has 0 saturated carbocycles. The predicted molar refractivity (Wildman–Crippen MR) is 87.2 cm³/mol. The Kier molecular flexibility index (Phi) is 4.91. The molecule has 21 heavy (non-hydrogen) atoms. The molecule has 0 amide bonds. The van der Waals surface area contributed by atoms with Crippen LogP contribution in [0.4, 0.5) is 0 Å². The van der Waals surface area contributed by atoms with Crippen LogP contribution >= 0.6 is 0 Å². The van der Waals surface area contributed by atoms with E-state index in [0.29, 0.717) is 12.1 Å². The Bertz CT molecular complexity index is 436. The zero-order valence-corrected chi connectivity index (χ0v) is 13.1. The Hall–Kier alpha value is -0.940. The van der Waals surface area contributed by atoms with Crippen molar-refractivity contribution in [2.75, 3.05) is 46.3 Å². The number of nitrogens with zero attached hydrogens (tertiary/aromatic N) is 3. The summed E-state index contributed by atoms with van der Waals surface area (Å²) >= 11 is 0. The van der Waals surface area contributed by atoms with Crippen LogP contribution in [0.15, 0.2) is 30.3 Å². The molecule has 2 N–H and O–H groups in total. The van der Waals surface area contributed by atoms with Crippen LogP contribution in [0.25, 0.3) is 0 Å². The molecule has 2 atom stereocenters. The van der Waals surface area contributed by atoms with E-state index in [1.807, 2.05) is 0 Å². The largest absolute Gasteiger partial charge is 0.329 e. The van der Waals surface area contributed by atoms with Crippen LogP contribution in [-0.2, 0) is 6.54 Å². The van der Waals surface area contributed by atoms with E-state index >= 15 is 0 Å². The third kappa shape index (κ3) is 3.64. The molecular formula is C17H28N4. The van der Waals surface area contributed by atoms with Gasteiger partial charge in [-0.1, -0.05) is 30.3 Å². The normalized spacial score (nSPS) is 29.0. The Morgan fingerprint density at radius 2 is 1.90 bits per heavy atom. The minimum Gasteiger partial charge on any atom is -0.329 e. The van der Waals surface area contributed by atoms with Crippen molar-refractivity contribution in [1.29, 1.82) is 0 Å². The molecule has 0 bridgehead atoms. The van der Waals surface area contributed by atoms with Crippen molar-refractivity contribution >= 4 is 0 Å². The van der Waals surface area contributed by atoms with Crippen LogP contribution in [0.5, 0.6) is 0 Å². The van der Waals surface area contributed by atoms with Crippen molar-refractivity contribution in [3.63, 3.8) is 0 Å². The summed E-state index contributed by atoms with van der Waals surface area (Å²) in [4.78, 5) is 7.67. The first kappa shape index (κ1) is 15.0. The molecule has 1 aromatic rings. The predicted octanol–water partition coefficient (Wildman–Crippen LogP) is 0.836. The van der Waals surface area contributed by atoms with Crippen molar-refractivity contribution < 1.29 is 0 Å². The highest BCUT2D eigenvalue weighted by atomic mass is 15.3. The van der Waals surface area contributed by atoms with Crippen molar-refractivity contribution in [2.24, 2.45) is 5.73 Å². The molecule has 2 aliphatic rings. The summed E-state index contributed by atoms with van der Waals surface area (Å²) in [5.74, 6) is 0. The maximum absolute atomic E-state index is 6.00. The average Bonchev–Trinajstić information content (AvgIpc) is 2.96. The minimum absolute atomic E-state index is 0.533. The van der Waals surface area contributed by atoms with Crippen molar-refractivity contribution in [3.05, 3.63) is 35.9 Å². The quantitative estimate of drug-likeness (QED) is 0.890. The topological polar surface area (TPSA) is 35.7 Å². The summed E-state index contributed by atoms with van der Waals surface area (Å²) in [6.07, 6.45) is 1.28. The second-order valence-corrected chi connectivity index (χ2v) is 6.55. The number of nitrogens with two attached hydrogens (primary N) is 1. The number of hydrogen-bond acceptors (Lipinski definition) is 4. The van der Waals surface area contributed by atoms with E-state index in [4.69, 9.17) is 5.73 Å². The minimum atomic E-state index is 0.533. The van der Waals surface area contributed by atoms with Crippen molar-refractivity contribution in [3.8, 4) is 0 Å². The van der Waals surface area contributed by atoms with Crippen LogP contribution in [0.3, 0.4) is 0 Å². The van der Waals surface area contributed by atoms with Gasteiger partial charge in [0.25, 0.3) is 0 Å². The van der Waals surface area contributed by atoms with E-state index in [1.165, 1.54) is 38.2 Å². The highest BCUT2D eigenvalue weighted by Crippen LogP contribution is 2.21. The molecule has 0 radical (unpaired) electrons. The molecule has 116 valence electrons. The summed E-state index contributed by atoms with van der Waals surface area (Å²) in [6.45, 7) is 7.72. The molecule has 2 unspecified atom stereocenters. The Balaban J connectivity index is 1.56. The van der Waals surface area contributed by atoms with Gasteiger partial charge in [0.15, 0.2) is 0 Å². The summed E-state index contributed by atoms with van der Waals surface area (Å²) in [5.41, 5.74) is 7.42. The van der Waals surface area contributed by atoms with Gasteiger partial charge in [-0.25, -0.2) is 0 Å². The SMILES string of the molecule is CN1CCN(C2CCN(Cc3ccccc3)C2)C(CN)C1. The Morgan fingerprint density at radius 3 is 2.67 bits per heavy atom. The molecule has 3 rings (SSSR count). The first-order valence-electron chi connectivity index (χ1n) is 8.17. The van der Waals surface area contributed by atoms with Gasteiger partial charge in [0, 0.05) is 57.9 Å². The standard InChI is InChI=1S/C17H28N4/c1-19-9-10-21(17(11-18)13-19)16-7-8-20(14-16)12-15-5-3-2-4-6-15/h2-6,16-17H,7-14,18H2,1H3. The lowest BCUT2D eigenvalue weighted by atomic mass is 10.1. The maximum atomic E-state index is 6.00. The monoisotopic (exact) mass is 288 g/mol. The van der Waals surface area contributed by atoms with Gasteiger partial charge < -0.3 is 10.6 Å². The number of hydrogen-bond donors (Lipinski definition) is 1. The number of likely N-dealkylation sites (tertiary alicyclic amines) is 1. The van der Waals surface area contributed by atoms with Gasteiger partial charge in [0.05, 0.1) is 0 Å². The lowest BCUT2D eigenvalue weighted by molar-refractivity contribution is 0.0584. The number of benzene rings is 1.